The van der Waals surface area contributed by atoms with Crippen molar-refractivity contribution in [2.75, 3.05) is 4.90 Å². The highest BCUT2D eigenvalue weighted by molar-refractivity contribution is 7.80. The van der Waals surface area contributed by atoms with Gasteiger partial charge in [-0.05, 0) is 72.4 Å². The number of para-hydroxylation sites is 1. The van der Waals surface area contributed by atoms with Crippen LogP contribution in [0.4, 0.5) is 5.69 Å². The van der Waals surface area contributed by atoms with E-state index >= 15 is 0 Å². The van der Waals surface area contributed by atoms with E-state index < -0.39 is 11.8 Å². The van der Waals surface area contributed by atoms with E-state index in [0.717, 1.165) is 0 Å². The number of nitrogens with zero attached hydrogens (tertiary/aromatic N) is 1. The molecular formula is C23H15ClN2O3S. The average molecular weight is 435 g/mol. The first-order chi connectivity index (χ1) is 14.5. The summed E-state index contributed by atoms with van der Waals surface area (Å²) in [5.41, 5.74) is 1.18. The highest BCUT2D eigenvalue weighted by atomic mass is 35.5. The summed E-state index contributed by atoms with van der Waals surface area (Å²) in [4.78, 5) is 26.7. The van der Waals surface area contributed by atoms with E-state index in [9.17, 15) is 9.59 Å². The maximum Gasteiger partial charge on any atom is 0.270 e. The molecule has 1 aliphatic heterocycles. The van der Waals surface area contributed by atoms with Gasteiger partial charge >= 0.3 is 0 Å². The predicted octanol–water partition coefficient (Wildman–Crippen LogP) is 4.96. The van der Waals surface area contributed by atoms with Crippen molar-refractivity contribution in [3.63, 3.8) is 0 Å². The van der Waals surface area contributed by atoms with Crippen LogP contribution in [0.5, 0.6) is 11.5 Å². The van der Waals surface area contributed by atoms with Gasteiger partial charge in [0.15, 0.2) is 5.11 Å². The Bertz CT molecular complexity index is 1140. The van der Waals surface area contributed by atoms with E-state index in [1.165, 1.54) is 11.0 Å². The van der Waals surface area contributed by atoms with Crippen LogP contribution < -0.4 is 15.0 Å². The minimum Gasteiger partial charge on any atom is -0.457 e. The van der Waals surface area contributed by atoms with Crippen molar-refractivity contribution >= 4 is 52.5 Å². The molecule has 0 aromatic heterocycles. The molecule has 0 atom stereocenters. The van der Waals surface area contributed by atoms with Gasteiger partial charge in [0.1, 0.15) is 17.1 Å². The molecule has 3 aromatic rings. The third-order valence-corrected chi connectivity index (χ3v) is 4.89. The Morgan fingerprint density at radius 3 is 2.17 bits per heavy atom. The van der Waals surface area contributed by atoms with Crippen molar-refractivity contribution in [1.29, 1.82) is 0 Å². The van der Waals surface area contributed by atoms with E-state index in [4.69, 9.17) is 28.6 Å². The van der Waals surface area contributed by atoms with Crippen molar-refractivity contribution in [3.05, 3.63) is 95.0 Å². The number of benzene rings is 3. The van der Waals surface area contributed by atoms with Gasteiger partial charge in [0.2, 0.25) is 0 Å². The van der Waals surface area contributed by atoms with Crippen LogP contribution in [0.25, 0.3) is 6.08 Å². The maximum absolute atomic E-state index is 13.0. The molecule has 0 aliphatic carbocycles. The molecule has 1 heterocycles. The molecule has 1 saturated heterocycles. The van der Waals surface area contributed by atoms with Crippen molar-refractivity contribution < 1.29 is 14.3 Å². The number of halogens is 1. The number of ether oxygens (including phenoxy) is 1. The number of amides is 2. The molecule has 1 aliphatic rings. The minimum atomic E-state index is -0.541. The zero-order chi connectivity index (χ0) is 21.1. The van der Waals surface area contributed by atoms with E-state index in [1.807, 2.05) is 30.3 Å². The highest BCUT2D eigenvalue weighted by Crippen LogP contribution is 2.27. The lowest BCUT2D eigenvalue weighted by atomic mass is 10.1. The van der Waals surface area contributed by atoms with Crippen molar-refractivity contribution in [2.45, 2.75) is 0 Å². The Morgan fingerprint density at radius 2 is 1.50 bits per heavy atom. The smallest absolute Gasteiger partial charge is 0.270 e. The normalized spacial score (nSPS) is 15.3. The van der Waals surface area contributed by atoms with Gasteiger partial charge < -0.3 is 4.74 Å². The molecule has 30 heavy (non-hydrogen) atoms. The van der Waals surface area contributed by atoms with Gasteiger partial charge in [-0.3, -0.25) is 19.8 Å². The number of thiocarbonyl (C=S) groups is 1. The van der Waals surface area contributed by atoms with Gasteiger partial charge in [0, 0.05) is 5.02 Å². The molecule has 0 unspecified atom stereocenters. The number of carbonyl (C=O) groups excluding carboxylic acids is 2. The van der Waals surface area contributed by atoms with Crippen LogP contribution >= 0.6 is 23.8 Å². The fourth-order valence-corrected chi connectivity index (χ4v) is 3.31. The molecule has 4 rings (SSSR count). The topological polar surface area (TPSA) is 58.6 Å². The standard InChI is InChI=1S/C23H15ClN2O3S/c24-16-8-6-15(7-9-16)14-20-21(27)25-23(30)26(22(20)28)17-10-12-19(13-11-17)29-18-4-2-1-3-5-18/h1-14H,(H,25,27,30)/b20-14+. The zero-order valence-electron chi connectivity index (χ0n) is 15.5. The quantitative estimate of drug-likeness (QED) is 0.358. The number of hydrogen-bond donors (Lipinski definition) is 1. The summed E-state index contributed by atoms with van der Waals surface area (Å²) in [7, 11) is 0. The molecule has 0 radical (unpaired) electrons. The van der Waals surface area contributed by atoms with Crippen molar-refractivity contribution in [3.8, 4) is 11.5 Å². The molecule has 5 nitrogen and oxygen atoms in total. The first-order valence-electron chi connectivity index (χ1n) is 9.01. The number of hydrogen-bond acceptors (Lipinski definition) is 4. The monoisotopic (exact) mass is 434 g/mol. The van der Waals surface area contributed by atoms with Crippen molar-refractivity contribution in [2.24, 2.45) is 0 Å². The van der Waals surface area contributed by atoms with Crippen LogP contribution in [-0.2, 0) is 9.59 Å². The van der Waals surface area contributed by atoms with Crippen LogP contribution in [0.1, 0.15) is 5.56 Å². The van der Waals surface area contributed by atoms with E-state index in [1.54, 1.807) is 48.5 Å². The molecule has 2 amide bonds. The molecule has 3 aromatic carbocycles. The summed E-state index contributed by atoms with van der Waals surface area (Å²) < 4.78 is 5.77. The zero-order valence-corrected chi connectivity index (χ0v) is 17.1. The number of rotatable bonds is 4. The molecule has 0 saturated carbocycles. The third-order valence-electron chi connectivity index (χ3n) is 4.36. The molecule has 0 spiro atoms. The molecule has 1 fully saturated rings. The molecular weight excluding hydrogens is 420 g/mol. The Labute approximate surface area is 183 Å². The molecule has 0 bridgehead atoms. The van der Waals surface area contributed by atoms with Crippen LogP contribution in [0.2, 0.25) is 5.02 Å². The van der Waals surface area contributed by atoms with Crippen molar-refractivity contribution in [1.82, 2.24) is 5.32 Å². The van der Waals surface area contributed by atoms with Gasteiger partial charge in [0.25, 0.3) is 11.8 Å². The summed E-state index contributed by atoms with van der Waals surface area (Å²) in [6, 6.07) is 23.1. The predicted molar refractivity (Wildman–Crippen MR) is 121 cm³/mol. The fourth-order valence-electron chi connectivity index (χ4n) is 2.91. The SMILES string of the molecule is O=C1NC(=S)N(c2ccc(Oc3ccccc3)cc2)C(=O)/C1=C/c1ccc(Cl)cc1. The fraction of sp³-hybridized carbons (Fsp3) is 0. The minimum absolute atomic E-state index is 0.0180. The van der Waals surface area contributed by atoms with E-state index in [-0.39, 0.29) is 10.7 Å². The third kappa shape index (κ3) is 4.25. The Hall–Kier alpha value is -3.48. The lowest BCUT2D eigenvalue weighted by Crippen LogP contribution is -2.54. The van der Waals surface area contributed by atoms with Gasteiger partial charge in [0.05, 0.1) is 5.69 Å². The summed E-state index contributed by atoms with van der Waals surface area (Å²) in [5, 5.41) is 3.16. The van der Waals surface area contributed by atoms with E-state index in [0.29, 0.717) is 27.8 Å². The summed E-state index contributed by atoms with van der Waals surface area (Å²) in [5.74, 6) is 0.271. The van der Waals surface area contributed by atoms with Crippen LogP contribution in [-0.4, -0.2) is 16.9 Å². The van der Waals surface area contributed by atoms with Gasteiger partial charge in [-0.1, -0.05) is 41.9 Å². The largest absolute Gasteiger partial charge is 0.457 e. The lowest BCUT2D eigenvalue weighted by molar-refractivity contribution is -0.122. The number of anilines is 1. The Kier molecular flexibility index (Phi) is 5.61. The second-order valence-electron chi connectivity index (χ2n) is 6.42. The average Bonchev–Trinajstić information content (AvgIpc) is 2.74. The van der Waals surface area contributed by atoms with Gasteiger partial charge in [-0.15, -0.1) is 0 Å². The maximum atomic E-state index is 13.0. The molecule has 148 valence electrons. The van der Waals surface area contributed by atoms with Gasteiger partial charge in [-0.25, -0.2) is 0 Å². The first-order valence-corrected chi connectivity index (χ1v) is 9.80. The summed E-state index contributed by atoms with van der Waals surface area (Å²) in [6.07, 6.45) is 1.51. The lowest BCUT2D eigenvalue weighted by Gasteiger charge is -2.29. The van der Waals surface area contributed by atoms with E-state index in [2.05, 4.69) is 5.32 Å². The van der Waals surface area contributed by atoms with Crippen LogP contribution in [0.3, 0.4) is 0 Å². The van der Waals surface area contributed by atoms with Crippen LogP contribution in [0, 0.1) is 0 Å². The molecule has 7 heteroatoms. The number of nitrogens with one attached hydrogen (secondary N) is 1. The second-order valence-corrected chi connectivity index (χ2v) is 7.24. The summed E-state index contributed by atoms with van der Waals surface area (Å²) >= 11 is 11.1. The summed E-state index contributed by atoms with van der Waals surface area (Å²) in [6.45, 7) is 0. The van der Waals surface area contributed by atoms with Crippen LogP contribution in [0.15, 0.2) is 84.4 Å². The number of carbonyl (C=O) groups is 2. The molecule has 1 N–H and O–H groups in total. The second kappa shape index (κ2) is 8.49. The Morgan fingerprint density at radius 1 is 0.867 bits per heavy atom. The highest BCUT2D eigenvalue weighted by Gasteiger charge is 2.34. The first kappa shape index (κ1) is 19.8. The van der Waals surface area contributed by atoms with Gasteiger partial charge in [-0.2, -0.15) is 0 Å². The Balaban J connectivity index is 1.59.